The van der Waals surface area contributed by atoms with Gasteiger partial charge in [-0.3, -0.25) is 0 Å². The Balaban J connectivity index is 3.13. The lowest BCUT2D eigenvalue weighted by atomic mass is 10.2. The molecule has 1 rings (SSSR count). The molecule has 1 aromatic heterocycles. The van der Waals surface area contributed by atoms with Gasteiger partial charge in [0.2, 0.25) is 0 Å². The van der Waals surface area contributed by atoms with Crippen LogP contribution in [0.15, 0.2) is 0 Å². The van der Waals surface area contributed by atoms with E-state index in [9.17, 15) is 0 Å². The Kier molecular flexibility index (Phi) is 7.43. The Labute approximate surface area is 126 Å². The van der Waals surface area contributed by atoms with Crippen molar-refractivity contribution in [3.63, 3.8) is 0 Å². The predicted octanol–water partition coefficient (Wildman–Crippen LogP) is 1.39. The summed E-state index contributed by atoms with van der Waals surface area (Å²) in [5.74, 6) is 7.75. The number of methoxy groups -OCH3 is 1. The molecule has 0 aliphatic heterocycles. The summed E-state index contributed by atoms with van der Waals surface area (Å²) in [6, 6.07) is 2.17. The highest BCUT2D eigenvalue weighted by Gasteiger charge is 2.16. The van der Waals surface area contributed by atoms with E-state index in [4.69, 9.17) is 15.8 Å². The fourth-order valence-electron chi connectivity index (χ4n) is 2.04. The first-order valence-electron chi connectivity index (χ1n) is 7.12. The lowest BCUT2D eigenvalue weighted by Gasteiger charge is -2.25. The molecule has 1 heterocycles. The molecule has 7 heteroatoms. The summed E-state index contributed by atoms with van der Waals surface area (Å²) in [4.78, 5) is 11.1. The number of nitrogens with zero attached hydrogens (tertiary/aromatic N) is 4. The standard InChI is InChI=1S/C14H24N6O/c1-4-6-12-17-13(19-16)11(2)14(18-12)20(8-5-7-15)9-10-21-3/h4-6,8-10,16H2,1-3H3,(H,17,18,19). The number of anilines is 2. The molecule has 0 unspecified atom stereocenters. The van der Waals surface area contributed by atoms with E-state index in [1.165, 1.54) is 0 Å². The Morgan fingerprint density at radius 1 is 1.38 bits per heavy atom. The summed E-state index contributed by atoms with van der Waals surface area (Å²) >= 11 is 0. The first-order chi connectivity index (χ1) is 10.2. The van der Waals surface area contributed by atoms with E-state index in [2.05, 4.69) is 28.4 Å². The number of nitrogen functional groups attached to an aromatic ring is 1. The van der Waals surface area contributed by atoms with Crippen molar-refractivity contribution in [3.8, 4) is 6.07 Å². The molecule has 21 heavy (non-hydrogen) atoms. The molecule has 0 aliphatic carbocycles. The van der Waals surface area contributed by atoms with Gasteiger partial charge in [-0.1, -0.05) is 6.92 Å². The van der Waals surface area contributed by atoms with Crippen molar-refractivity contribution >= 4 is 11.6 Å². The summed E-state index contributed by atoms with van der Waals surface area (Å²) in [5, 5.41) is 8.82. The first kappa shape index (κ1) is 17.1. The van der Waals surface area contributed by atoms with Crippen LogP contribution in [0.4, 0.5) is 11.6 Å². The summed E-state index contributed by atoms with van der Waals surface area (Å²) < 4.78 is 5.14. The summed E-state index contributed by atoms with van der Waals surface area (Å²) in [6.45, 7) is 5.85. The quantitative estimate of drug-likeness (QED) is 0.524. The monoisotopic (exact) mass is 292 g/mol. The van der Waals surface area contributed by atoms with Crippen LogP contribution in [-0.2, 0) is 11.2 Å². The van der Waals surface area contributed by atoms with Crippen molar-refractivity contribution in [1.29, 1.82) is 5.26 Å². The predicted molar refractivity (Wildman–Crippen MR) is 82.9 cm³/mol. The summed E-state index contributed by atoms with van der Waals surface area (Å²) in [6.07, 6.45) is 2.18. The van der Waals surface area contributed by atoms with Crippen molar-refractivity contribution in [1.82, 2.24) is 9.97 Å². The fraction of sp³-hybridized carbons (Fsp3) is 0.643. The third kappa shape index (κ3) is 4.85. The van der Waals surface area contributed by atoms with Gasteiger partial charge in [0.25, 0.3) is 0 Å². The van der Waals surface area contributed by atoms with Crippen molar-refractivity contribution in [2.75, 3.05) is 37.1 Å². The van der Waals surface area contributed by atoms with Gasteiger partial charge in [0.05, 0.1) is 19.1 Å². The highest BCUT2D eigenvalue weighted by atomic mass is 16.5. The maximum absolute atomic E-state index is 8.82. The van der Waals surface area contributed by atoms with E-state index in [1.807, 2.05) is 11.8 Å². The number of rotatable bonds is 9. The molecule has 0 saturated carbocycles. The SMILES string of the molecule is CCCc1nc(NN)c(C)c(N(CCC#N)CCOC)n1. The number of aryl methyl sites for hydroxylation is 1. The van der Waals surface area contributed by atoms with Gasteiger partial charge < -0.3 is 15.1 Å². The van der Waals surface area contributed by atoms with E-state index < -0.39 is 0 Å². The topological polar surface area (TPSA) is 100 Å². The minimum Gasteiger partial charge on any atom is -0.383 e. The molecular formula is C14H24N6O. The van der Waals surface area contributed by atoms with Gasteiger partial charge in [0.1, 0.15) is 17.5 Å². The van der Waals surface area contributed by atoms with Crippen LogP contribution in [0.5, 0.6) is 0 Å². The molecular weight excluding hydrogens is 268 g/mol. The van der Waals surface area contributed by atoms with E-state index in [1.54, 1.807) is 7.11 Å². The number of nitrogens with one attached hydrogen (secondary N) is 1. The number of aromatic nitrogens is 2. The van der Waals surface area contributed by atoms with E-state index in [-0.39, 0.29) is 0 Å². The molecule has 7 nitrogen and oxygen atoms in total. The van der Waals surface area contributed by atoms with Gasteiger partial charge in [-0.25, -0.2) is 15.8 Å². The number of nitrogens with two attached hydrogens (primary N) is 1. The largest absolute Gasteiger partial charge is 0.383 e. The Bertz CT molecular complexity index is 485. The van der Waals surface area contributed by atoms with E-state index in [0.717, 1.165) is 30.0 Å². The molecule has 0 atom stereocenters. The van der Waals surface area contributed by atoms with Crippen LogP contribution in [-0.4, -0.2) is 36.8 Å². The van der Waals surface area contributed by atoms with Crippen LogP contribution in [0.2, 0.25) is 0 Å². The molecule has 0 aliphatic rings. The smallest absolute Gasteiger partial charge is 0.148 e. The normalized spacial score (nSPS) is 10.2. The van der Waals surface area contributed by atoms with Crippen LogP contribution in [0, 0.1) is 18.3 Å². The minimum absolute atomic E-state index is 0.432. The van der Waals surface area contributed by atoms with Gasteiger partial charge in [0.15, 0.2) is 0 Å². The zero-order valence-electron chi connectivity index (χ0n) is 13.0. The maximum Gasteiger partial charge on any atom is 0.148 e. The maximum atomic E-state index is 8.82. The third-order valence-electron chi connectivity index (χ3n) is 3.14. The molecule has 0 spiro atoms. The number of ether oxygens (including phenoxy) is 1. The number of hydrogen-bond acceptors (Lipinski definition) is 7. The molecule has 1 aromatic rings. The molecule has 0 bridgehead atoms. The average molecular weight is 292 g/mol. The number of hydrogen-bond donors (Lipinski definition) is 2. The molecule has 116 valence electrons. The van der Waals surface area contributed by atoms with E-state index in [0.29, 0.717) is 31.9 Å². The van der Waals surface area contributed by atoms with Gasteiger partial charge in [-0.2, -0.15) is 5.26 Å². The summed E-state index contributed by atoms with van der Waals surface area (Å²) in [7, 11) is 1.66. The van der Waals surface area contributed by atoms with Crippen LogP contribution < -0.4 is 16.2 Å². The van der Waals surface area contributed by atoms with E-state index >= 15 is 0 Å². The van der Waals surface area contributed by atoms with Crippen LogP contribution >= 0.6 is 0 Å². The zero-order valence-corrected chi connectivity index (χ0v) is 13.0. The lowest BCUT2D eigenvalue weighted by Crippen LogP contribution is -2.30. The lowest BCUT2D eigenvalue weighted by molar-refractivity contribution is 0.205. The summed E-state index contributed by atoms with van der Waals surface area (Å²) in [5.41, 5.74) is 3.51. The highest BCUT2D eigenvalue weighted by Crippen LogP contribution is 2.23. The molecule has 0 radical (unpaired) electrons. The fourth-order valence-corrected chi connectivity index (χ4v) is 2.04. The second kappa shape index (κ2) is 9.10. The second-order valence-corrected chi connectivity index (χ2v) is 4.72. The zero-order chi connectivity index (χ0) is 15.7. The van der Waals surface area contributed by atoms with Gasteiger partial charge in [-0.05, 0) is 13.3 Å². The third-order valence-corrected chi connectivity index (χ3v) is 3.14. The Hall–Kier alpha value is -1.91. The molecule has 0 saturated heterocycles. The van der Waals surface area contributed by atoms with Gasteiger partial charge in [0, 0.05) is 32.2 Å². The number of nitriles is 1. The highest BCUT2D eigenvalue weighted by molar-refractivity contribution is 5.58. The van der Waals surface area contributed by atoms with Crippen LogP contribution in [0.25, 0.3) is 0 Å². The molecule has 0 amide bonds. The van der Waals surface area contributed by atoms with Crippen molar-refractivity contribution in [3.05, 3.63) is 11.4 Å². The van der Waals surface area contributed by atoms with Crippen LogP contribution in [0.3, 0.4) is 0 Å². The van der Waals surface area contributed by atoms with Crippen molar-refractivity contribution < 1.29 is 4.74 Å². The van der Waals surface area contributed by atoms with Gasteiger partial charge in [-0.15, -0.1) is 0 Å². The van der Waals surface area contributed by atoms with Crippen LogP contribution in [0.1, 0.15) is 31.2 Å². The van der Waals surface area contributed by atoms with Crippen molar-refractivity contribution in [2.24, 2.45) is 5.84 Å². The average Bonchev–Trinajstić information content (AvgIpc) is 2.49. The Morgan fingerprint density at radius 3 is 2.71 bits per heavy atom. The molecule has 0 fully saturated rings. The Morgan fingerprint density at radius 2 is 2.14 bits per heavy atom. The number of hydrazine groups is 1. The minimum atomic E-state index is 0.432. The van der Waals surface area contributed by atoms with Gasteiger partial charge >= 0.3 is 0 Å². The first-order valence-corrected chi connectivity index (χ1v) is 7.12. The molecule has 3 N–H and O–H groups in total. The second-order valence-electron chi connectivity index (χ2n) is 4.72. The van der Waals surface area contributed by atoms with Crippen molar-refractivity contribution in [2.45, 2.75) is 33.1 Å². The molecule has 0 aromatic carbocycles.